The lowest BCUT2D eigenvalue weighted by Gasteiger charge is -2.06. The van der Waals surface area contributed by atoms with Gasteiger partial charge in [0, 0.05) is 5.92 Å². The minimum absolute atomic E-state index is 0.0633. The first kappa shape index (κ1) is 15.3. The van der Waals surface area contributed by atoms with Gasteiger partial charge in [0.15, 0.2) is 0 Å². The molecule has 23 heavy (non-hydrogen) atoms. The number of hydrogen-bond donors (Lipinski definition) is 2. The molecule has 2 unspecified atom stereocenters. The van der Waals surface area contributed by atoms with E-state index in [4.69, 9.17) is 4.42 Å². The number of carbonyl (C=O) groups is 2. The highest BCUT2D eigenvalue weighted by Crippen LogP contribution is 2.47. The molecule has 0 aliphatic heterocycles. The summed E-state index contributed by atoms with van der Waals surface area (Å²) in [6, 6.07) is 9.68. The minimum atomic E-state index is -0.288. The van der Waals surface area contributed by atoms with E-state index in [2.05, 4.69) is 10.6 Å². The molecule has 0 spiro atoms. The molecule has 1 aromatic heterocycles. The summed E-state index contributed by atoms with van der Waals surface area (Å²) in [6.07, 6.45) is 2.26. The van der Waals surface area contributed by atoms with Crippen LogP contribution in [0.15, 0.2) is 47.1 Å². The topological polar surface area (TPSA) is 71.3 Å². The predicted octanol–water partition coefficient (Wildman–Crippen LogP) is 1.95. The second-order valence-corrected chi connectivity index (χ2v) is 5.57. The maximum absolute atomic E-state index is 12.9. The standard InChI is InChI=1S/C17H17FN2O3/c18-12-5-3-11(4-6-12)14-8-15(14)17(22)20-10-16(21)19-9-13-2-1-7-23-13/h1-7,14-15H,8-10H2,(H,19,21)(H,20,22). The Morgan fingerprint density at radius 3 is 2.65 bits per heavy atom. The van der Waals surface area contributed by atoms with Gasteiger partial charge in [0.25, 0.3) is 0 Å². The van der Waals surface area contributed by atoms with E-state index in [1.54, 1.807) is 24.3 Å². The highest BCUT2D eigenvalue weighted by atomic mass is 19.1. The van der Waals surface area contributed by atoms with Gasteiger partial charge in [-0.2, -0.15) is 0 Å². The number of halogens is 1. The van der Waals surface area contributed by atoms with E-state index in [0.717, 1.165) is 12.0 Å². The van der Waals surface area contributed by atoms with Crippen LogP contribution in [-0.4, -0.2) is 18.4 Å². The molecule has 1 aliphatic rings. The molecule has 120 valence electrons. The van der Waals surface area contributed by atoms with Gasteiger partial charge >= 0.3 is 0 Å². The third-order valence-corrected chi connectivity index (χ3v) is 3.89. The summed E-state index contributed by atoms with van der Waals surface area (Å²) in [7, 11) is 0. The van der Waals surface area contributed by atoms with Crippen molar-refractivity contribution in [2.24, 2.45) is 5.92 Å². The van der Waals surface area contributed by atoms with E-state index in [-0.39, 0.29) is 36.0 Å². The van der Waals surface area contributed by atoms with E-state index in [1.807, 2.05) is 0 Å². The molecule has 1 aliphatic carbocycles. The average molecular weight is 316 g/mol. The van der Waals surface area contributed by atoms with Crippen molar-refractivity contribution in [3.05, 3.63) is 59.8 Å². The number of amides is 2. The minimum Gasteiger partial charge on any atom is -0.467 e. The van der Waals surface area contributed by atoms with E-state index < -0.39 is 0 Å². The largest absolute Gasteiger partial charge is 0.467 e. The van der Waals surface area contributed by atoms with Crippen LogP contribution in [0, 0.1) is 11.7 Å². The van der Waals surface area contributed by atoms with Crippen molar-refractivity contribution in [1.29, 1.82) is 0 Å². The summed E-state index contributed by atoms with van der Waals surface area (Å²) in [6.45, 7) is 0.232. The Labute approximate surface area is 132 Å². The summed E-state index contributed by atoms with van der Waals surface area (Å²) >= 11 is 0. The Balaban J connectivity index is 1.40. The molecule has 1 fully saturated rings. The molecule has 1 heterocycles. The fourth-order valence-corrected chi connectivity index (χ4v) is 2.52. The zero-order valence-electron chi connectivity index (χ0n) is 12.4. The number of nitrogens with one attached hydrogen (secondary N) is 2. The van der Waals surface area contributed by atoms with Crippen LogP contribution in [-0.2, 0) is 16.1 Å². The van der Waals surface area contributed by atoms with Gasteiger partial charge in [-0.25, -0.2) is 4.39 Å². The first-order valence-electron chi connectivity index (χ1n) is 7.46. The SMILES string of the molecule is O=C(CNC(=O)C1CC1c1ccc(F)cc1)NCc1ccco1. The van der Waals surface area contributed by atoms with Crippen molar-refractivity contribution in [2.45, 2.75) is 18.9 Å². The quantitative estimate of drug-likeness (QED) is 0.856. The van der Waals surface area contributed by atoms with E-state index in [1.165, 1.54) is 18.4 Å². The van der Waals surface area contributed by atoms with Crippen LogP contribution < -0.4 is 10.6 Å². The fraction of sp³-hybridized carbons (Fsp3) is 0.294. The van der Waals surface area contributed by atoms with Crippen LogP contribution in [0.3, 0.4) is 0 Å². The van der Waals surface area contributed by atoms with Crippen LogP contribution >= 0.6 is 0 Å². The van der Waals surface area contributed by atoms with Gasteiger partial charge in [-0.3, -0.25) is 9.59 Å². The highest BCUT2D eigenvalue weighted by molar-refractivity contribution is 5.87. The maximum Gasteiger partial charge on any atom is 0.239 e. The molecule has 1 saturated carbocycles. The monoisotopic (exact) mass is 316 g/mol. The molecular weight excluding hydrogens is 299 g/mol. The number of benzene rings is 1. The first-order valence-corrected chi connectivity index (χ1v) is 7.46. The summed E-state index contributed by atoms with van der Waals surface area (Å²) in [5.41, 5.74) is 0.953. The van der Waals surface area contributed by atoms with Crippen molar-refractivity contribution in [3.8, 4) is 0 Å². The lowest BCUT2D eigenvalue weighted by Crippen LogP contribution is -2.37. The van der Waals surface area contributed by atoms with Crippen LogP contribution in [0.5, 0.6) is 0 Å². The van der Waals surface area contributed by atoms with E-state index >= 15 is 0 Å². The van der Waals surface area contributed by atoms with Crippen molar-refractivity contribution in [1.82, 2.24) is 10.6 Å². The second kappa shape index (κ2) is 6.64. The number of hydrogen-bond acceptors (Lipinski definition) is 3. The number of furan rings is 1. The highest BCUT2D eigenvalue weighted by Gasteiger charge is 2.43. The Bertz CT molecular complexity index is 682. The molecule has 1 aromatic carbocycles. The Morgan fingerprint density at radius 2 is 1.96 bits per heavy atom. The predicted molar refractivity (Wildman–Crippen MR) is 80.8 cm³/mol. The van der Waals surface area contributed by atoms with Crippen LogP contribution in [0.4, 0.5) is 4.39 Å². The van der Waals surface area contributed by atoms with Crippen molar-refractivity contribution in [2.75, 3.05) is 6.54 Å². The summed E-state index contributed by atoms with van der Waals surface area (Å²) < 4.78 is 18.0. The van der Waals surface area contributed by atoms with Gasteiger partial charge in [-0.1, -0.05) is 12.1 Å². The summed E-state index contributed by atoms with van der Waals surface area (Å²) in [5, 5.41) is 5.29. The molecule has 5 nitrogen and oxygen atoms in total. The molecule has 2 N–H and O–H groups in total. The van der Waals surface area contributed by atoms with Crippen LogP contribution in [0.1, 0.15) is 23.7 Å². The molecule has 2 atom stereocenters. The number of carbonyl (C=O) groups excluding carboxylic acids is 2. The third-order valence-electron chi connectivity index (χ3n) is 3.89. The Hall–Kier alpha value is -2.63. The smallest absolute Gasteiger partial charge is 0.239 e. The normalized spacial score (nSPS) is 19.2. The molecule has 2 amide bonds. The summed E-state index contributed by atoms with van der Waals surface area (Å²) in [5.74, 6) is -0.0757. The zero-order chi connectivity index (χ0) is 16.2. The van der Waals surface area contributed by atoms with E-state index in [0.29, 0.717) is 12.3 Å². The van der Waals surface area contributed by atoms with Crippen molar-refractivity contribution < 1.29 is 18.4 Å². The van der Waals surface area contributed by atoms with Crippen molar-refractivity contribution >= 4 is 11.8 Å². The van der Waals surface area contributed by atoms with E-state index in [9.17, 15) is 14.0 Å². The fourth-order valence-electron chi connectivity index (χ4n) is 2.52. The lowest BCUT2D eigenvalue weighted by molar-refractivity contribution is -0.127. The third kappa shape index (κ3) is 3.97. The molecule has 0 radical (unpaired) electrons. The molecule has 0 saturated heterocycles. The first-order chi connectivity index (χ1) is 11.1. The van der Waals surface area contributed by atoms with Gasteiger partial charge in [0.2, 0.25) is 11.8 Å². The molecular formula is C17H17FN2O3. The maximum atomic E-state index is 12.9. The van der Waals surface area contributed by atoms with Gasteiger partial charge in [0.05, 0.1) is 19.4 Å². The van der Waals surface area contributed by atoms with Crippen molar-refractivity contribution in [3.63, 3.8) is 0 Å². The van der Waals surface area contributed by atoms with Gasteiger partial charge in [-0.15, -0.1) is 0 Å². The van der Waals surface area contributed by atoms with Gasteiger partial charge in [-0.05, 0) is 42.2 Å². The van der Waals surface area contributed by atoms with Crippen LogP contribution in [0.25, 0.3) is 0 Å². The molecule has 0 bridgehead atoms. The van der Waals surface area contributed by atoms with Gasteiger partial charge < -0.3 is 15.1 Å². The molecule has 2 aromatic rings. The molecule has 3 rings (SSSR count). The Morgan fingerprint density at radius 1 is 1.17 bits per heavy atom. The summed E-state index contributed by atoms with van der Waals surface area (Å²) in [4.78, 5) is 23.7. The zero-order valence-corrected chi connectivity index (χ0v) is 12.4. The second-order valence-electron chi connectivity index (χ2n) is 5.57. The Kier molecular flexibility index (Phi) is 4.41. The number of rotatable bonds is 6. The van der Waals surface area contributed by atoms with Crippen LogP contribution in [0.2, 0.25) is 0 Å². The average Bonchev–Trinajstić information content (AvgIpc) is 3.18. The lowest BCUT2D eigenvalue weighted by atomic mass is 10.1. The molecule has 6 heteroatoms. The van der Waals surface area contributed by atoms with Gasteiger partial charge in [0.1, 0.15) is 11.6 Å².